The number of sulfonamides is 1. The summed E-state index contributed by atoms with van der Waals surface area (Å²) in [5, 5.41) is 2.67. The molecule has 0 aliphatic carbocycles. The van der Waals surface area contributed by atoms with Gasteiger partial charge in [-0.1, -0.05) is 30.3 Å². The number of carbonyl (C=O) groups is 2. The van der Waals surface area contributed by atoms with Crippen molar-refractivity contribution in [3.05, 3.63) is 53.9 Å². The molecule has 8 nitrogen and oxygen atoms in total. The maximum absolute atomic E-state index is 12.6. The number of carbonyl (C=O) groups excluding carboxylic acids is 2. The van der Waals surface area contributed by atoms with Crippen LogP contribution in [0.2, 0.25) is 0 Å². The van der Waals surface area contributed by atoms with Crippen molar-refractivity contribution in [3.8, 4) is 0 Å². The number of aryl methyl sites for hydroxylation is 1. The second-order valence-corrected chi connectivity index (χ2v) is 7.73. The number of hydrogen-bond acceptors (Lipinski definition) is 5. The van der Waals surface area contributed by atoms with E-state index in [1.54, 1.807) is 0 Å². The lowest BCUT2D eigenvalue weighted by Gasteiger charge is -2.16. The normalized spacial score (nSPS) is 11.4. The maximum atomic E-state index is 12.6. The van der Waals surface area contributed by atoms with Gasteiger partial charge in [0.2, 0.25) is 15.9 Å². The number of esters is 1. The smallest absolute Gasteiger partial charge is 0.354 e. The number of methoxy groups -OCH3 is 1. The second-order valence-electron chi connectivity index (χ2n) is 5.69. The molecule has 1 heterocycles. The molecule has 0 saturated carbocycles. The van der Waals surface area contributed by atoms with Gasteiger partial charge in [-0.25, -0.2) is 13.2 Å². The number of rotatable bonds is 7. The number of ether oxygens (including phenoxy) is 1. The van der Waals surface area contributed by atoms with E-state index in [0.717, 1.165) is 9.87 Å². The van der Waals surface area contributed by atoms with Crippen LogP contribution >= 0.6 is 0 Å². The summed E-state index contributed by atoms with van der Waals surface area (Å²) in [6, 6.07) is 10.5. The number of nitrogens with one attached hydrogen (secondary N) is 1. The Labute approximate surface area is 152 Å². The van der Waals surface area contributed by atoms with Crippen LogP contribution in [-0.4, -0.2) is 49.9 Å². The van der Waals surface area contributed by atoms with E-state index < -0.39 is 21.9 Å². The summed E-state index contributed by atoms with van der Waals surface area (Å²) in [6.45, 7) is -0.0248. The van der Waals surface area contributed by atoms with Gasteiger partial charge in [0.05, 0.1) is 13.7 Å². The molecule has 0 radical (unpaired) electrons. The summed E-state index contributed by atoms with van der Waals surface area (Å²) in [7, 11) is 0.146. The molecular weight excluding hydrogens is 358 g/mol. The van der Waals surface area contributed by atoms with Gasteiger partial charge in [-0.2, -0.15) is 4.31 Å². The van der Waals surface area contributed by atoms with Crippen molar-refractivity contribution in [3.63, 3.8) is 0 Å². The van der Waals surface area contributed by atoms with Gasteiger partial charge in [0.15, 0.2) is 0 Å². The second kappa shape index (κ2) is 8.15. The molecule has 2 rings (SSSR count). The lowest BCUT2D eigenvalue weighted by Crippen LogP contribution is -2.38. The van der Waals surface area contributed by atoms with E-state index in [2.05, 4.69) is 10.1 Å². The molecular formula is C17H21N3O5S. The van der Waals surface area contributed by atoms with E-state index in [9.17, 15) is 18.0 Å². The molecule has 0 atom stereocenters. The zero-order chi connectivity index (χ0) is 19.3. The average Bonchev–Trinajstić information content (AvgIpc) is 3.02. The van der Waals surface area contributed by atoms with Crippen molar-refractivity contribution in [2.24, 2.45) is 7.05 Å². The highest BCUT2D eigenvalue weighted by atomic mass is 32.2. The predicted octanol–water partition coefficient (Wildman–Crippen LogP) is 0.749. The van der Waals surface area contributed by atoms with E-state index >= 15 is 0 Å². The van der Waals surface area contributed by atoms with Gasteiger partial charge in [0.1, 0.15) is 10.6 Å². The first kappa shape index (κ1) is 19.7. The van der Waals surface area contributed by atoms with Crippen molar-refractivity contribution in [2.75, 3.05) is 20.7 Å². The summed E-state index contributed by atoms with van der Waals surface area (Å²) in [5.41, 5.74) is 1.02. The van der Waals surface area contributed by atoms with Gasteiger partial charge >= 0.3 is 5.97 Å². The minimum atomic E-state index is -3.92. The van der Waals surface area contributed by atoms with Crippen LogP contribution in [0.1, 0.15) is 16.1 Å². The predicted molar refractivity (Wildman–Crippen MR) is 94.9 cm³/mol. The maximum Gasteiger partial charge on any atom is 0.354 e. The molecule has 0 spiro atoms. The fraction of sp³-hybridized carbons (Fsp3) is 0.294. The number of benzene rings is 1. The van der Waals surface area contributed by atoms with E-state index in [0.29, 0.717) is 6.54 Å². The van der Waals surface area contributed by atoms with Gasteiger partial charge in [0.25, 0.3) is 0 Å². The van der Waals surface area contributed by atoms with Crippen LogP contribution in [0.15, 0.2) is 47.5 Å². The number of nitrogens with zero attached hydrogens (tertiary/aromatic N) is 2. The van der Waals surface area contributed by atoms with E-state index in [1.807, 2.05) is 30.3 Å². The van der Waals surface area contributed by atoms with Crippen LogP contribution in [-0.2, 0) is 33.1 Å². The van der Waals surface area contributed by atoms with E-state index in [4.69, 9.17) is 0 Å². The highest BCUT2D eigenvalue weighted by Gasteiger charge is 2.26. The van der Waals surface area contributed by atoms with Gasteiger partial charge in [0, 0.05) is 26.8 Å². The summed E-state index contributed by atoms with van der Waals surface area (Å²) < 4.78 is 32.1. The fourth-order valence-electron chi connectivity index (χ4n) is 2.30. The Morgan fingerprint density at radius 1 is 1.23 bits per heavy atom. The van der Waals surface area contributed by atoms with Crippen molar-refractivity contribution in [2.45, 2.75) is 11.4 Å². The number of likely N-dealkylation sites (N-methyl/N-ethyl adjacent to an activating group) is 1. The highest BCUT2D eigenvalue weighted by Crippen LogP contribution is 2.18. The first-order valence-corrected chi connectivity index (χ1v) is 9.21. The van der Waals surface area contributed by atoms with Crippen molar-refractivity contribution in [1.29, 1.82) is 0 Å². The summed E-state index contributed by atoms with van der Waals surface area (Å²) >= 11 is 0. The monoisotopic (exact) mass is 379 g/mol. The van der Waals surface area contributed by atoms with Crippen molar-refractivity contribution in [1.82, 2.24) is 14.2 Å². The molecule has 0 fully saturated rings. The zero-order valence-corrected chi connectivity index (χ0v) is 15.6. The van der Waals surface area contributed by atoms with Gasteiger partial charge in [-0.15, -0.1) is 0 Å². The number of hydrogen-bond donors (Lipinski definition) is 1. The molecule has 9 heteroatoms. The Morgan fingerprint density at radius 3 is 2.50 bits per heavy atom. The lowest BCUT2D eigenvalue weighted by molar-refractivity contribution is -0.121. The quantitative estimate of drug-likeness (QED) is 0.716. The largest absolute Gasteiger partial charge is 0.464 e. The van der Waals surface area contributed by atoms with E-state index in [1.165, 1.54) is 38.0 Å². The Morgan fingerprint density at radius 2 is 1.88 bits per heavy atom. The minimum Gasteiger partial charge on any atom is -0.464 e. The molecule has 0 bridgehead atoms. The summed E-state index contributed by atoms with van der Waals surface area (Å²) in [6.07, 6.45) is 1.31. The fourth-order valence-corrected chi connectivity index (χ4v) is 3.50. The highest BCUT2D eigenvalue weighted by molar-refractivity contribution is 7.89. The van der Waals surface area contributed by atoms with Crippen LogP contribution < -0.4 is 5.32 Å². The van der Waals surface area contributed by atoms with Crippen LogP contribution in [0, 0.1) is 0 Å². The third-order valence-electron chi connectivity index (χ3n) is 3.78. The molecule has 1 aromatic carbocycles. The molecule has 1 N–H and O–H groups in total. The number of amides is 1. The third-order valence-corrected chi connectivity index (χ3v) is 5.55. The molecule has 140 valence electrons. The SMILES string of the molecule is COC(=O)c1cc(S(=O)(=O)N(C)CC(=O)NCc2ccccc2)cn1C. The topological polar surface area (TPSA) is 97.7 Å². The summed E-state index contributed by atoms with van der Waals surface area (Å²) in [5.74, 6) is -1.07. The van der Waals surface area contributed by atoms with Crippen LogP contribution in [0.4, 0.5) is 0 Å². The molecule has 1 aromatic heterocycles. The van der Waals surface area contributed by atoms with E-state index in [-0.39, 0.29) is 17.1 Å². The molecule has 0 saturated heterocycles. The average molecular weight is 379 g/mol. The number of aromatic nitrogens is 1. The Hall–Kier alpha value is -2.65. The molecule has 1 amide bonds. The molecule has 0 unspecified atom stereocenters. The Kier molecular flexibility index (Phi) is 6.17. The van der Waals surface area contributed by atoms with Crippen LogP contribution in [0.3, 0.4) is 0 Å². The van der Waals surface area contributed by atoms with Gasteiger partial charge < -0.3 is 14.6 Å². The van der Waals surface area contributed by atoms with Crippen LogP contribution in [0.5, 0.6) is 0 Å². The van der Waals surface area contributed by atoms with Gasteiger partial charge in [-0.05, 0) is 11.6 Å². The molecule has 26 heavy (non-hydrogen) atoms. The first-order chi connectivity index (χ1) is 12.3. The Bertz CT molecular complexity index is 890. The summed E-state index contributed by atoms with van der Waals surface area (Å²) in [4.78, 5) is 23.6. The van der Waals surface area contributed by atoms with Crippen molar-refractivity contribution >= 4 is 21.9 Å². The Balaban J connectivity index is 2.04. The van der Waals surface area contributed by atoms with Gasteiger partial charge in [-0.3, -0.25) is 4.79 Å². The van der Waals surface area contributed by atoms with Crippen LogP contribution in [0.25, 0.3) is 0 Å². The zero-order valence-electron chi connectivity index (χ0n) is 14.8. The lowest BCUT2D eigenvalue weighted by atomic mass is 10.2. The standard InChI is InChI=1S/C17H21N3O5S/c1-19-11-14(9-15(19)17(22)25-3)26(23,24)20(2)12-16(21)18-10-13-7-5-4-6-8-13/h4-9,11H,10,12H2,1-3H3,(H,18,21). The molecule has 2 aromatic rings. The first-order valence-electron chi connectivity index (χ1n) is 7.77. The molecule has 0 aliphatic heterocycles. The minimum absolute atomic E-state index is 0.0845. The molecule has 0 aliphatic rings. The third kappa shape index (κ3) is 4.50. The van der Waals surface area contributed by atoms with Crippen molar-refractivity contribution < 1.29 is 22.7 Å².